The highest BCUT2D eigenvalue weighted by molar-refractivity contribution is 7.30. The van der Waals surface area contributed by atoms with Crippen LogP contribution in [0.15, 0.2) is 154 Å². The van der Waals surface area contributed by atoms with E-state index in [9.17, 15) is 0 Å². The maximum absolute atomic E-state index is 6.46. The normalized spacial score (nSPS) is 12.4. The van der Waals surface area contributed by atoms with Gasteiger partial charge in [-0.15, -0.1) is 22.7 Å². The fraction of sp³-hybridized carbons (Fsp3) is 0. The van der Waals surface area contributed by atoms with Crippen molar-refractivity contribution >= 4 is 118 Å². The zero-order valence-electron chi connectivity index (χ0n) is 26.5. The van der Waals surface area contributed by atoms with Crippen LogP contribution in [0, 0.1) is 0 Å². The number of fused-ring (bicyclic) bond motifs is 13. The van der Waals surface area contributed by atoms with E-state index < -0.39 is 0 Å². The molecule has 50 heavy (non-hydrogen) atoms. The van der Waals surface area contributed by atoms with E-state index in [-0.39, 0.29) is 0 Å². The highest BCUT2D eigenvalue weighted by Crippen LogP contribution is 2.47. The van der Waals surface area contributed by atoms with Crippen molar-refractivity contribution in [3.63, 3.8) is 0 Å². The first kappa shape index (κ1) is 26.9. The highest BCUT2D eigenvalue weighted by atomic mass is 32.1. The second-order valence-electron chi connectivity index (χ2n) is 13.2. The van der Waals surface area contributed by atoms with Crippen molar-refractivity contribution in [2.45, 2.75) is 0 Å². The average molecular weight is 673 g/mol. The number of thiophene rings is 2. The van der Waals surface area contributed by atoms with Crippen LogP contribution in [0.1, 0.15) is 0 Å². The lowest BCUT2D eigenvalue weighted by Crippen LogP contribution is -1.90. The molecule has 4 aromatic heterocycles. The Hall–Kier alpha value is -5.94. The Balaban J connectivity index is 1.11. The van der Waals surface area contributed by atoms with Gasteiger partial charge in [0.05, 0.1) is 9.40 Å². The summed E-state index contributed by atoms with van der Waals surface area (Å²) in [6, 6.07) is 50.8. The summed E-state index contributed by atoms with van der Waals surface area (Å²) in [6.45, 7) is 0. The Bertz CT molecular complexity index is 3330. The fourth-order valence-corrected chi connectivity index (χ4v) is 10.6. The Morgan fingerprint density at radius 2 is 0.920 bits per heavy atom. The molecule has 0 unspecified atom stereocenters. The molecule has 4 heterocycles. The third-order valence-electron chi connectivity index (χ3n) is 10.5. The highest BCUT2D eigenvalue weighted by Gasteiger charge is 2.20. The van der Waals surface area contributed by atoms with Gasteiger partial charge in [-0.3, -0.25) is 0 Å². The summed E-state index contributed by atoms with van der Waals surface area (Å²) in [5.41, 5.74) is 8.46. The molecule has 0 spiro atoms. The van der Waals surface area contributed by atoms with Crippen molar-refractivity contribution in [3.8, 4) is 22.3 Å². The van der Waals surface area contributed by atoms with Gasteiger partial charge in [0.1, 0.15) is 22.3 Å². The monoisotopic (exact) mass is 672 g/mol. The zero-order valence-corrected chi connectivity index (χ0v) is 28.1. The molecule has 0 saturated carbocycles. The van der Waals surface area contributed by atoms with Gasteiger partial charge < -0.3 is 8.83 Å². The summed E-state index contributed by atoms with van der Waals surface area (Å²) < 4.78 is 16.8. The molecule has 232 valence electrons. The lowest BCUT2D eigenvalue weighted by atomic mass is 9.85. The second kappa shape index (κ2) is 9.82. The van der Waals surface area contributed by atoms with Crippen molar-refractivity contribution in [1.82, 2.24) is 0 Å². The van der Waals surface area contributed by atoms with Crippen molar-refractivity contribution in [1.29, 1.82) is 0 Å². The molecule has 12 rings (SSSR count). The Morgan fingerprint density at radius 1 is 0.360 bits per heavy atom. The van der Waals surface area contributed by atoms with Crippen LogP contribution in [-0.2, 0) is 0 Å². The first-order chi connectivity index (χ1) is 24.8. The van der Waals surface area contributed by atoms with Crippen LogP contribution >= 0.6 is 22.7 Å². The topological polar surface area (TPSA) is 26.3 Å². The molecule has 0 atom stereocenters. The predicted molar refractivity (Wildman–Crippen MR) is 215 cm³/mol. The molecule has 4 heteroatoms. The minimum absolute atomic E-state index is 0.873. The summed E-state index contributed by atoms with van der Waals surface area (Å²) in [5.74, 6) is 0. The maximum atomic E-state index is 6.46. The molecule has 12 aromatic rings. The van der Waals surface area contributed by atoms with Gasteiger partial charge in [0.2, 0.25) is 0 Å². The van der Waals surface area contributed by atoms with E-state index in [1.807, 2.05) is 34.8 Å². The summed E-state index contributed by atoms with van der Waals surface area (Å²) >= 11 is 3.75. The SMILES string of the molecule is c1ccc2c(c1)oc1cc3c(cc12)oc1ccc(-c2c4ccccc4c(-c4ccc5c(c4)sc4c5ccc5ccsc54)c4ccccc24)cc13. The van der Waals surface area contributed by atoms with E-state index in [0.29, 0.717) is 0 Å². The Labute approximate surface area is 293 Å². The molecule has 0 aliphatic rings. The van der Waals surface area contributed by atoms with E-state index in [0.717, 1.165) is 43.9 Å². The number of para-hydroxylation sites is 1. The third kappa shape index (κ3) is 3.61. The summed E-state index contributed by atoms with van der Waals surface area (Å²) in [6.07, 6.45) is 0. The average Bonchev–Trinajstić information content (AvgIpc) is 3.94. The number of rotatable bonds is 2. The second-order valence-corrected chi connectivity index (χ2v) is 15.2. The summed E-state index contributed by atoms with van der Waals surface area (Å²) in [5, 5.41) is 15.5. The van der Waals surface area contributed by atoms with Crippen LogP contribution in [-0.4, -0.2) is 0 Å². The molecule has 0 radical (unpaired) electrons. The van der Waals surface area contributed by atoms with Gasteiger partial charge in [-0.25, -0.2) is 0 Å². The molecule has 0 N–H and O–H groups in total. The minimum Gasteiger partial charge on any atom is -0.456 e. The van der Waals surface area contributed by atoms with Crippen LogP contribution in [0.25, 0.3) is 118 Å². The quantitative estimate of drug-likeness (QED) is 0.171. The first-order valence-corrected chi connectivity index (χ1v) is 18.5. The molecule has 0 saturated heterocycles. The van der Waals surface area contributed by atoms with E-state index in [1.165, 1.54) is 74.1 Å². The van der Waals surface area contributed by atoms with Gasteiger partial charge in [-0.05, 0) is 97.0 Å². The largest absolute Gasteiger partial charge is 0.456 e. The fourth-order valence-electron chi connectivity index (χ4n) is 8.31. The van der Waals surface area contributed by atoms with E-state index in [4.69, 9.17) is 8.83 Å². The van der Waals surface area contributed by atoms with Gasteiger partial charge in [-0.2, -0.15) is 0 Å². The summed E-state index contributed by atoms with van der Waals surface area (Å²) in [7, 11) is 0. The summed E-state index contributed by atoms with van der Waals surface area (Å²) in [4.78, 5) is 0. The number of benzene rings is 8. The third-order valence-corrected chi connectivity index (χ3v) is 12.8. The van der Waals surface area contributed by atoms with Crippen molar-refractivity contribution in [2.24, 2.45) is 0 Å². The molecule has 2 nitrogen and oxygen atoms in total. The van der Waals surface area contributed by atoms with Gasteiger partial charge in [0, 0.05) is 37.0 Å². The Kier molecular flexibility index (Phi) is 5.29. The maximum Gasteiger partial charge on any atom is 0.136 e. The van der Waals surface area contributed by atoms with Gasteiger partial charge in [0.25, 0.3) is 0 Å². The lowest BCUT2D eigenvalue weighted by Gasteiger charge is -2.18. The zero-order chi connectivity index (χ0) is 32.5. The number of hydrogen-bond acceptors (Lipinski definition) is 4. The van der Waals surface area contributed by atoms with Crippen molar-refractivity contribution in [2.75, 3.05) is 0 Å². The van der Waals surface area contributed by atoms with Crippen molar-refractivity contribution in [3.05, 3.63) is 145 Å². The van der Waals surface area contributed by atoms with E-state index in [2.05, 4.69) is 133 Å². The molecule has 8 aromatic carbocycles. The van der Waals surface area contributed by atoms with E-state index >= 15 is 0 Å². The van der Waals surface area contributed by atoms with Crippen LogP contribution in [0.4, 0.5) is 0 Å². The number of hydrogen-bond donors (Lipinski definition) is 0. The molecule has 0 amide bonds. The minimum atomic E-state index is 0.873. The first-order valence-electron chi connectivity index (χ1n) is 16.8. The van der Waals surface area contributed by atoms with Crippen molar-refractivity contribution < 1.29 is 8.83 Å². The Morgan fingerprint density at radius 3 is 1.64 bits per heavy atom. The lowest BCUT2D eigenvalue weighted by molar-refractivity contribution is 0.664. The van der Waals surface area contributed by atoms with Gasteiger partial charge in [0.15, 0.2) is 0 Å². The molecule has 0 aliphatic carbocycles. The molecule has 0 fully saturated rings. The molecule has 0 aliphatic heterocycles. The molecular formula is C46H24O2S2. The van der Waals surface area contributed by atoms with Crippen LogP contribution in [0.3, 0.4) is 0 Å². The van der Waals surface area contributed by atoms with Gasteiger partial charge >= 0.3 is 0 Å². The molecular weight excluding hydrogens is 649 g/mol. The standard InChI is InChI=1S/C46H24O2S2/c1-3-10-32-30(8-1)43(26-15-18-39-35(21-26)37-24-40-36(23-41(37)48-39)28-7-5-6-12-38(28)47-40)31-9-2-4-11-33(31)44(32)27-14-16-29-34-17-13-25-19-20-49-45(25)46(34)50-42(29)22-27/h1-24H. The van der Waals surface area contributed by atoms with Gasteiger partial charge in [-0.1, -0.05) is 97.1 Å². The smallest absolute Gasteiger partial charge is 0.136 e. The van der Waals surface area contributed by atoms with Crippen LogP contribution < -0.4 is 0 Å². The van der Waals surface area contributed by atoms with Crippen LogP contribution in [0.5, 0.6) is 0 Å². The number of furan rings is 2. The van der Waals surface area contributed by atoms with E-state index in [1.54, 1.807) is 0 Å². The van der Waals surface area contributed by atoms with Crippen LogP contribution in [0.2, 0.25) is 0 Å². The predicted octanol–water partition coefficient (Wildman–Crippen LogP) is 14.7. The molecule has 0 bridgehead atoms.